The van der Waals surface area contributed by atoms with E-state index in [4.69, 9.17) is 13.0 Å². The Labute approximate surface area is 125 Å². The fraction of sp³-hybridized carbons (Fsp3) is 1.00. The Morgan fingerprint density at radius 1 is 0.900 bits per heavy atom. The monoisotopic (exact) mass is 307 g/mol. The Kier molecular flexibility index (Phi) is 10.5. The molecule has 0 spiro atoms. The number of hydrogen-bond donors (Lipinski definition) is 0. The van der Waals surface area contributed by atoms with Crippen LogP contribution in [0, 0.1) is 0 Å². The van der Waals surface area contributed by atoms with E-state index in [0.717, 1.165) is 0 Å². The molecule has 0 unspecified atom stereocenters. The van der Waals surface area contributed by atoms with Gasteiger partial charge in [0.15, 0.2) is 0 Å². The highest BCUT2D eigenvalue weighted by atomic mass is 32.2. The molecule has 4 nitrogen and oxygen atoms in total. The van der Waals surface area contributed by atoms with Gasteiger partial charge in [-0.1, -0.05) is 33.1 Å². The number of rotatable bonds is 8. The maximum atomic E-state index is 9.08. The van der Waals surface area contributed by atoms with Gasteiger partial charge in [0.05, 0.1) is 36.3 Å². The highest BCUT2D eigenvalue weighted by Crippen LogP contribution is 2.21. The molecule has 122 valence electrons. The number of nitrogens with zero attached hydrogens (tertiary/aromatic N) is 1. The third kappa shape index (κ3) is 11.7. The first-order valence-electron chi connectivity index (χ1n) is 8.09. The number of quaternary nitrogens is 1. The third-order valence-corrected chi connectivity index (χ3v) is 3.95. The second-order valence-electron chi connectivity index (χ2n) is 6.06. The summed E-state index contributed by atoms with van der Waals surface area (Å²) < 4.78 is 28.7. The van der Waals surface area contributed by atoms with Gasteiger partial charge in [-0.3, -0.25) is 0 Å². The minimum Gasteiger partial charge on any atom is -0.748 e. The average Bonchev–Trinajstić information content (AvgIpc) is 2.76. The molecule has 0 amide bonds. The van der Waals surface area contributed by atoms with E-state index in [2.05, 4.69) is 13.8 Å². The highest BCUT2D eigenvalue weighted by Gasteiger charge is 2.29. The standard InChI is InChI=1S/C14H30N.CH4O3S/c1-3-5-6-7-8-12-15(11-4-2)13-9-10-14-15;1-5(2,3)4/h3-14H2,1-2H3;1H3,(H,2,3,4)/q+1;/p-1. The first-order valence-corrected chi connectivity index (χ1v) is 9.90. The molecule has 1 aliphatic rings. The van der Waals surface area contributed by atoms with Gasteiger partial charge in [0.25, 0.3) is 0 Å². The minimum atomic E-state index is -3.92. The van der Waals surface area contributed by atoms with Gasteiger partial charge < -0.3 is 9.04 Å². The van der Waals surface area contributed by atoms with Crippen molar-refractivity contribution in [2.45, 2.75) is 65.2 Å². The van der Waals surface area contributed by atoms with E-state index < -0.39 is 10.1 Å². The Balaban J connectivity index is 0.000000621. The molecule has 0 saturated carbocycles. The van der Waals surface area contributed by atoms with Gasteiger partial charge in [0.1, 0.15) is 0 Å². The summed E-state index contributed by atoms with van der Waals surface area (Å²) in [6.45, 7) is 10.5. The summed E-state index contributed by atoms with van der Waals surface area (Å²) in [6.07, 6.45) is 12.1. The van der Waals surface area contributed by atoms with E-state index in [1.54, 1.807) is 0 Å². The molecule has 5 heteroatoms. The Morgan fingerprint density at radius 2 is 1.40 bits per heavy atom. The minimum absolute atomic E-state index is 0.604. The summed E-state index contributed by atoms with van der Waals surface area (Å²) >= 11 is 0. The number of hydrogen-bond acceptors (Lipinski definition) is 3. The molecule has 20 heavy (non-hydrogen) atoms. The van der Waals surface area contributed by atoms with Crippen LogP contribution in [0.3, 0.4) is 0 Å². The van der Waals surface area contributed by atoms with Crippen molar-refractivity contribution >= 4 is 10.1 Å². The Morgan fingerprint density at radius 3 is 1.85 bits per heavy atom. The van der Waals surface area contributed by atoms with Crippen LogP contribution in [0.1, 0.15) is 65.2 Å². The van der Waals surface area contributed by atoms with E-state index in [0.29, 0.717) is 6.26 Å². The van der Waals surface area contributed by atoms with Gasteiger partial charge in [-0.05, 0) is 19.3 Å². The van der Waals surface area contributed by atoms with E-state index in [1.807, 2.05) is 0 Å². The van der Waals surface area contributed by atoms with Gasteiger partial charge >= 0.3 is 0 Å². The first-order chi connectivity index (χ1) is 9.33. The molecule has 1 rings (SSSR count). The van der Waals surface area contributed by atoms with Gasteiger partial charge in [-0.25, -0.2) is 8.42 Å². The van der Waals surface area contributed by atoms with Gasteiger partial charge in [-0.15, -0.1) is 0 Å². The van der Waals surface area contributed by atoms with E-state index in [1.165, 1.54) is 82.0 Å². The second-order valence-corrected chi connectivity index (χ2v) is 7.47. The third-order valence-electron chi connectivity index (χ3n) is 3.95. The van der Waals surface area contributed by atoms with Crippen molar-refractivity contribution in [2.75, 3.05) is 32.4 Å². The Hall–Kier alpha value is -0.130. The van der Waals surface area contributed by atoms with Crippen molar-refractivity contribution in [1.82, 2.24) is 0 Å². The van der Waals surface area contributed by atoms with Crippen LogP contribution in [0.2, 0.25) is 0 Å². The van der Waals surface area contributed by atoms with Crippen LogP contribution < -0.4 is 0 Å². The fourth-order valence-electron chi connectivity index (χ4n) is 3.09. The molecule has 0 aromatic carbocycles. The predicted molar refractivity (Wildman–Crippen MR) is 83.6 cm³/mol. The van der Waals surface area contributed by atoms with Crippen LogP contribution in [-0.4, -0.2) is 49.9 Å². The molecule has 1 saturated heterocycles. The SMILES string of the molecule is CCCCCCC[N+]1(CCC)CCCC1.CS(=O)(=O)[O-]. The van der Waals surface area contributed by atoms with Gasteiger partial charge in [0.2, 0.25) is 0 Å². The van der Waals surface area contributed by atoms with Crippen molar-refractivity contribution in [2.24, 2.45) is 0 Å². The van der Waals surface area contributed by atoms with Crippen LogP contribution in [-0.2, 0) is 10.1 Å². The average molecular weight is 308 g/mol. The maximum absolute atomic E-state index is 9.08. The number of unbranched alkanes of at least 4 members (excludes halogenated alkanes) is 4. The zero-order valence-corrected chi connectivity index (χ0v) is 14.4. The van der Waals surface area contributed by atoms with Crippen LogP contribution in [0.4, 0.5) is 0 Å². The molecule has 0 aromatic heterocycles. The zero-order chi connectivity index (χ0) is 15.5. The molecule has 0 N–H and O–H groups in total. The van der Waals surface area contributed by atoms with Crippen LogP contribution >= 0.6 is 0 Å². The maximum Gasteiger partial charge on any atom is 0.0916 e. The topological polar surface area (TPSA) is 57.2 Å². The lowest BCUT2D eigenvalue weighted by Crippen LogP contribution is -2.46. The van der Waals surface area contributed by atoms with Crippen molar-refractivity contribution in [3.05, 3.63) is 0 Å². The molecule has 1 fully saturated rings. The van der Waals surface area contributed by atoms with Crippen LogP contribution in [0.15, 0.2) is 0 Å². The second kappa shape index (κ2) is 10.6. The van der Waals surface area contributed by atoms with Crippen molar-refractivity contribution < 1.29 is 17.5 Å². The number of likely N-dealkylation sites (tertiary alicyclic amines) is 1. The smallest absolute Gasteiger partial charge is 0.0916 e. The molecule has 0 atom stereocenters. The summed E-state index contributed by atoms with van der Waals surface area (Å²) in [4.78, 5) is 0. The molecule has 0 aromatic rings. The lowest BCUT2D eigenvalue weighted by molar-refractivity contribution is -0.917. The summed E-state index contributed by atoms with van der Waals surface area (Å²) in [5, 5.41) is 0. The molecule has 1 heterocycles. The molecular formula is C15H33NO3S. The Bertz CT molecular complexity index is 314. The predicted octanol–water partition coefficient (Wildman–Crippen LogP) is 3.14. The summed E-state index contributed by atoms with van der Waals surface area (Å²) in [5.41, 5.74) is 0. The van der Waals surface area contributed by atoms with Crippen molar-refractivity contribution in [3.63, 3.8) is 0 Å². The van der Waals surface area contributed by atoms with Crippen LogP contribution in [0.5, 0.6) is 0 Å². The molecular weight excluding hydrogens is 274 g/mol. The highest BCUT2D eigenvalue weighted by molar-refractivity contribution is 7.84. The van der Waals surface area contributed by atoms with Crippen LogP contribution in [0.25, 0.3) is 0 Å². The lowest BCUT2D eigenvalue weighted by atomic mass is 10.1. The zero-order valence-electron chi connectivity index (χ0n) is 13.6. The molecule has 1 aliphatic heterocycles. The van der Waals surface area contributed by atoms with E-state index in [-0.39, 0.29) is 0 Å². The van der Waals surface area contributed by atoms with Gasteiger partial charge in [0, 0.05) is 19.1 Å². The fourth-order valence-corrected chi connectivity index (χ4v) is 3.09. The first kappa shape index (κ1) is 19.9. The van der Waals surface area contributed by atoms with Gasteiger partial charge in [-0.2, -0.15) is 0 Å². The lowest BCUT2D eigenvalue weighted by Gasteiger charge is -2.34. The quantitative estimate of drug-likeness (QED) is 0.393. The normalized spacial score (nSPS) is 17.6. The summed E-state index contributed by atoms with van der Waals surface area (Å²) in [6, 6.07) is 0. The molecule has 0 radical (unpaired) electrons. The van der Waals surface area contributed by atoms with E-state index >= 15 is 0 Å². The molecule has 0 aliphatic carbocycles. The summed E-state index contributed by atoms with van der Waals surface area (Å²) in [5.74, 6) is 0. The summed E-state index contributed by atoms with van der Waals surface area (Å²) in [7, 11) is -3.92. The molecule has 0 bridgehead atoms. The van der Waals surface area contributed by atoms with Crippen molar-refractivity contribution in [1.29, 1.82) is 0 Å². The van der Waals surface area contributed by atoms with Crippen molar-refractivity contribution in [3.8, 4) is 0 Å². The largest absolute Gasteiger partial charge is 0.748 e. The van der Waals surface area contributed by atoms with E-state index in [9.17, 15) is 0 Å².